The lowest BCUT2D eigenvalue weighted by Crippen LogP contribution is -2.55. The van der Waals surface area contributed by atoms with Crippen molar-refractivity contribution in [2.24, 2.45) is 35.5 Å². The number of rotatable bonds is 0. The smallest absolute Gasteiger partial charge is 0.310 e. The van der Waals surface area contributed by atoms with Crippen LogP contribution in [-0.2, 0) is 9.53 Å². The molecule has 0 radical (unpaired) electrons. The Labute approximate surface area is 102 Å². The summed E-state index contributed by atoms with van der Waals surface area (Å²) >= 11 is 0. The van der Waals surface area contributed by atoms with E-state index in [-0.39, 0.29) is 11.6 Å². The zero-order valence-corrected chi connectivity index (χ0v) is 10.2. The third-order valence-corrected chi connectivity index (χ3v) is 6.90. The molecule has 5 rings (SSSR count). The number of esters is 1. The average molecular weight is 232 g/mol. The first-order chi connectivity index (χ1) is 8.30. The van der Waals surface area contributed by atoms with E-state index in [0.29, 0.717) is 11.8 Å². The van der Waals surface area contributed by atoms with Gasteiger partial charge >= 0.3 is 5.97 Å². The maximum absolute atomic E-state index is 12.2. The summed E-state index contributed by atoms with van der Waals surface area (Å²) in [6, 6.07) is 0. The predicted octanol–water partition coefficient (Wildman–Crippen LogP) is 2.76. The van der Waals surface area contributed by atoms with Crippen molar-refractivity contribution in [1.82, 2.24) is 0 Å². The van der Waals surface area contributed by atoms with Crippen LogP contribution in [0.25, 0.3) is 0 Å². The highest BCUT2D eigenvalue weighted by atomic mass is 16.6. The molecule has 0 aromatic heterocycles. The van der Waals surface area contributed by atoms with E-state index < -0.39 is 0 Å². The molecule has 5 fully saturated rings. The van der Waals surface area contributed by atoms with Gasteiger partial charge in [0.25, 0.3) is 0 Å². The zero-order valence-electron chi connectivity index (χ0n) is 10.2. The van der Waals surface area contributed by atoms with Gasteiger partial charge in [-0.15, -0.1) is 0 Å². The molecule has 6 atom stereocenters. The Kier molecular flexibility index (Phi) is 1.51. The molecule has 2 bridgehead atoms. The Bertz CT molecular complexity index is 396. The molecule has 2 nitrogen and oxygen atoms in total. The quantitative estimate of drug-likeness (QED) is 0.600. The lowest BCUT2D eigenvalue weighted by molar-refractivity contribution is -0.151. The van der Waals surface area contributed by atoms with Gasteiger partial charge in [0.2, 0.25) is 0 Å². The first-order valence-electron chi connectivity index (χ1n) is 7.53. The van der Waals surface area contributed by atoms with E-state index in [4.69, 9.17) is 4.74 Å². The summed E-state index contributed by atoms with van der Waals surface area (Å²) in [6.45, 7) is 0. The van der Waals surface area contributed by atoms with E-state index >= 15 is 0 Å². The minimum atomic E-state index is 0.0212. The summed E-state index contributed by atoms with van der Waals surface area (Å²) in [4.78, 5) is 12.2. The topological polar surface area (TPSA) is 26.3 Å². The standard InChI is InChI=1S/C15H20O2/c16-14-12-10-8-3-4-9(7-8)11(10)13(12)15(17-14)5-1-2-6-15/h8-13H,1-7H2. The maximum Gasteiger partial charge on any atom is 0.310 e. The number of fused-ring (bicyclic) bond motifs is 9. The number of ether oxygens (including phenoxy) is 1. The maximum atomic E-state index is 12.2. The number of carbonyl (C=O) groups excluding carboxylic acids is 1. The van der Waals surface area contributed by atoms with Crippen LogP contribution in [0.2, 0.25) is 0 Å². The van der Waals surface area contributed by atoms with Crippen LogP contribution in [0.5, 0.6) is 0 Å². The summed E-state index contributed by atoms with van der Waals surface area (Å²) < 4.78 is 5.92. The fraction of sp³-hybridized carbons (Fsp3) is 0.933. The van der Waals surface area contributed by atoms with E-state index in [1.807, 2.05) is 0 Å². The Balaban J connectivity index is 1.57. The van der Waals surface area contributed by atoms with E-state index in [0.717, 1.165) is 23.7 Å². The van der Waals surface area contributed by atoms with Gasteiger partial charge in [-0.3, -0.25) is 4.79 Å². The van der Waals surface area contributed by atoms with Gasteiger partial charge in [-0.25, -0.2) is 0 Å². The van der Waals surface area contributed by atoms with Crippen molar-refractivity contribution >= 4 is 5.97 Å². The molecule has 1 saturated heterocycles. The van der Waals surface area contributed by atoms with Crippen molar-refractivity contribution in [3.8, 4) is 0 Å². The molecule has 0 aromatic rings. The van der Waals surface area contributed by atoms with Crippen molar-refractivity contribution in [2.75, 3.05) is 0 Å². The van der Waals surface area contributed by atoms with Crippen LogP contribution in [0.15, 0.2) is 0 Å². The SMILES string of the molecule is O=C1OC2(CCCC2)C2C1C1C3CCC(C3)C12. The van der Waals surface area contributed by atoms with Gasteiger partial charge in [0.1, 0.15) is 5.60 Å². The van der Waals surface area contributed by atoms with Gasteiger partial charge in [0.15, 0.2) is 0 Å². The third kappa shape index (κ3) is 0.880. The first-order valence-corrected chi connectivity index (χ1v) is 7.53. The van der Waals surface area contributed by atoms with Crippen molar-refractivity contribution in [3.63, 3.8) is 0 Å². The lowest BCUT2D eigenvalue weighted by Gasteiger charge is -2.52. The summed E-state index contributed by atoms with van der Waals surface area (Å²) in [5.74, 6) is 4.61. The minimum absolute atomic E-state index is 0.0212. The second-order valence-corrected chi connectivity index (χ2v) is 7.23. The Morgan fingerprint density at radius 3 is 2.53 bits per heavy atom. The fourth-order valence-corrected chi connectivity index (χ4v) is 6.51. The van der Waals surface area contributed by atoms with E-state index in [9.17, 15) is 4.79 Å². The fourth-order valence-electron chi connectivity index (χ4n) is 6.51. The highest BCUT2D eigenvalue weighted by Crippen LogP contribution is 2.72. The van der Waals surface area contributed by atoms with Gasteiger partial charge in [0, 0.05) is 5.92 Å². The minimum Gasteiger partial charge on any atom is -0.459 e. The van der Waals surface area contributed by atoms with Crippen molar-refractivity contribution in [1.29, 1.82) is 0 Å². The number of hydrogen-bond acceptors (Lipinski definition) is 2. The van der Waals surface area contributed by atoms with E-state index in [1.165, 1.54) is 44.9 Å². The molecule has 0 N–H and O–H groups in total. The molecule has 4 saturated carbocycles. The van der Waals surface area contributed by atoms with Crippen molar-refractivity contribution in [3.05, 3.63) is 0 Å². The zero-order chi connectivity index (χ0) is 11.2. The van der Waals surface area contributed by atoms with Crippen LogP contribution < -0.4 is 0 Å². The second-order valence-electron chi connectivity index (χ2n) is 7.23. The summed E-state index contributed by atoms with van der Waals surface area (Å²) in [6.07, 6.45) is 9.17. The molecule has 1 aliphatic heterocycles. The molecule has 92 valence electrons. The molecule has 5 aliphatic rings. The van der Waals surface area contributed by atoms with Crippen molar-refractivity contribution in [2.45, 2.75) is 50.5 Å². The monoisotopic (exact) mass is 232 g/mol. The molecule has 0 aromatic carbocycles. The molecule has 6 unspecified atom stereocenters. The molecular formula is C15H20O2. The Morgan fingerprint density at radius 1 is 1.06 bits per heavy atom. The van der Waals surface area contributed by atoms with Crippen molar-refractivity contribution < 1.29 is 9.53 Å². The van der Waals surface area contributed by atoms with E-state index in [2.05, 4.69) is 0 Å². The normalized spacial score (nSPS) is 56.8. The molecule has 1 spiro atoms. The Morgan fingerprint density at radius 2 is 1.76 bits per heavy atom. The van der Waals surface area contributed by atoms with Crippen LogP contribution in [-0.4, -0.2) is 11.6 Å². The summed E-state index contributed by atoms with van der Waals surface area (Å²) in [7, 11) is 0. The van der Waals surface area contributed by atoms with E-state index in [1.54, 1.807) is 0 Å². The van der Waals surface area contributed by atoms with Crippen LogP contribution >= 0.6 is 0 Å². The molecule has 17 heavy (non-hydrogen) atoms. The summed E-state index contributed by atoms with van der Waals surface area (Å²) in [5.41, 5.74) is 0.0212. The first kappa shape index (κ1) is 9.41. The third-order valence-electron chi connectivity index (χ3n) is 6.90. The lowest BCUT2D eigenvalue weighted by atomic mass is 9.49. The van der Waals surface area contributed by atoms with Crippen LogP contribution in [0.3, 0.4) is 0 Å². The second kappa shape index (κ2) is 2.73. The molecule has 4 aliphatic carbocycles. The van der Waals surface area contributed by atoms with Gasteiger partial charge in [-0.2, -0.15) is 0 Å². The number of carbonyl (C=O) groups is 1. The predicted molar refractivity (Wildman–Crippen MR) is 62.1 cm³/mol. The van der Waals surface area contributed by atoms with Crippen LogP contribution in [0, 0.1) is 35.5 Å². The molecule has 1 heterocycles. The molecule has 0 amide bonds. The van der Waals surface area contributed by atoms with Gasteiger partial charge < -0.3 is 4.74 Å². The average Bonchev–Trinajstić information content (AvgIpc) is 2.94. The molecule has 2 heteroatoms. The van der Waals surface area contributed by atoms with Crippen LogP contribution in [0.1, 0.15) is 44.9 Å². The van der Waals surface area contributed by atoms with Gasteiger partial charge in [0.05, 0.1) is 5.92 Å². The van der Waals surface area contributed by atoms with Gasteiger partial charge in [-0.05, 0) is 68.6 Å². The molecular weight excluding hydrogens is 212 g/mol. The van der Waals surface area contributed by atoms with Crippen LogP contribution in [0.4, 0.5) is 0 Å². The largest absolute Gasteiger partial charge is 0.459 e. The van der Waals surface area contributed by atoms with Gasteiger partial charge in [-0.1, -0.05) is 0 Å². The summed E-state index contributed by atoms with van der Waals surface area (Å²) in [5, 5.41) is 0. The Hall–Kier alpha value is -0.530. The highest BCUT2D eigenvalue weighted by molar-refractivity contribution is 5.78. The number of hydrogen-bond donors (Lipinski definition) is 0. The highest BCUT2D eigenvalue weighted by Gasteiger charge is 2.74.